The van der Waals surface area contributed by atoms with E-state index in [4.69, 9.17) is 14.5 Å². The minimum absolute atomic E-state index is 0.0882. The van der Waals surface area contributed by atoms with Crippen LogP contribution >= 0.6 is 11.3 Å². The molecule has 1 aliphatic rings. The van der Waals surface area contributed by atoms with Crippen LogP contribution in [0.3, 0.4) is 0 Å². The maximum Gasteiger partial charge on any atom is 0.260 e. The average Bonchev–Trinajstić information content (AvgIpc) is 3.66. The molecule has 8 nitrogen and oxygen atoms in total. The molecule has 210 valence electrons. The lowest BCUT2D eigenvalue weighted by atomic mass is 10.2. The lowest BCUT2D eigenvalue weighted by Gasteiger charge is -2.23. The van der Waals surface area contributed by atoms with E-state index < -0.39 is 10.0 Å². The number of fused-ring (bicyclic) bond motifs is 1. The third-order valence-electron chi connectivity index (χ3n) is 7.09. The molecule has 0 saturated carbocycles. The molecule has 10 heteroatoms. The Labute approximate surface area is 239 Å². The van der Waals surface area contributed by atoms with Gasteiger partial charge < -0.3 is 9.47 Å². The number of ether oxygens (including phenoxy) is 2. The van der Waals surface area contributed by atoms with Crippen molar-refractivity contribution in [1.29, 1.82) is 0 Å². The van der Waals surface area contributed by atoms with Crippen molar-refractivity contribution in [2.45, 2.75) is 44.2 Å². The smallest absolute Gasteiger partial charge is 0.260 e. The minimum Gasteiger partial charge on any atom is -0.494 e. The second kappa shape index (κ2) is 12.1. The first-order valence-electron chi connectivity index (χ1n) is 13.3. The molecule has 5 rings (SSSR count). The van der Waals surface area contributed by atoms with Gasteiger partial charge in [0.05, 0.1) is 29.4 Å². The number of thiazole rings is 1. The van der Waals surface area contributed by atoms with Gasteiger partial charge in [-0.25, -0.2) is 13.4 Å². The van der Waals surface area contributed by atoms with Crippen LogP contribution in [-0.4, -0.2) is 56.5 Å². The molecule has 0 spiro atoms. The number of amides is 1. The van der Waals surface area contributed by atoms with Crippen molar-refractivity contribution >= 4 is 42.6 Å². The van der Waals surface area contributed by atoms with Crippen LogP contribution in [0.25, 0.3) is 10.2 Å². The highest BCUT2D eigenvalue weighted by molar-refractivity contribution is 7.89. The van der Waals surface area contributed by atoms with Crippen LogP contribution in [0.5, 0.6) is 5.75 Å². The highest BCUT2D eigenvalue weighted by Crippen LogP contribution is 2.37. The summed E-state index contributed by atoms with van der Waals surface area (Å²) in [5.74, 6) is 0.393. The zero-order valence-electron chi connectivity index (χ0n) is 22.9. The van der Waals surface area contributed by atoms with Crippen LogP contribution < -0.4 is 9.64 Å². The van der Waals surface area contributed by atoms with Crippen LogP contribution in [0.2, 0.25) is 0 Å². The number of hydrogen-bond donors (Lipinski definition) is 0. The number of carbonyl (C=O) groups excluding carboxylic acids is 1. The zero-order valence-corrected chi connectivity index (χ0v) is 24.5. The number of nitrogens with zero attached hydrogens (tertiary/aromatic N) is 3. The summed E-state index contributed by atoms with van der Waals surface area (Å²) in [5, 5.41) is 0.555. The third-order valence-corrected chi connectivity index (χ3v) is 10.2. The van der Waals surface area contributed by atoms with E-state index in [1.165, 1.54) is 27.8 Å². The van der Waals surface area contributed by atoms with Crippen LogP contribution in [0, 0.1) is 6.92 Å². The van der Waals surface area contributed by atoms with E-state index in [0.29, 0.717) is 41.7 Å². The quantitative estimate of drug-likeness (QED) is 0.241. The highest BCUT2D eigenvalue weighted by Gasteiger charge is 2.29. The molecule has 1 aromatic heterocycles. The Morgan fingerprint density at radius 3 is 2.50 bits per heavy atom. The van der Waals surface area contributed by atoms with Crippen molar-refractivity contribution < 1.29 is 22.7 Å². The first kappa shape index (κ1) is 28.2. The Morgan fingerprint density at radius 2 is 1.85 bits per heavy atom. The fourth-order valence-electron chi connectivity index (χ4n) is 4.85. The third kappa shape index (κ3) is 5.76. The molecular formula is C30H33N3O5S2. The Hall–Kier alpha value is -3.31. The van der Waals surface area contributed by atoms with Crippen molar-refractivity contribution in [2.24, 2.45) is 0 Å². The van der Waals surface area contributed by atoms with Crippen molar-refractivity contribution in [3.8, 4) is 5.75 Å². The summed E-state index contributed by atoms with van der Waals surface area (Å²) in [6.45, 7) is 5.45. The molecule has 0 radical (unpaired) electrons. The predicted octanol–water partition coefficient (Wildman–Crippen LogP) is 5.65. The summed E-state index contributed by atoms with van der Waals surface area (Å²) < 4.78 is 40.6. The van der Waals surface area contributed by atoms with E-state index in [-0.39, 0.29) is 23.5 Å². The molecule has 1 amide bonds. The van der Waals surface area contributed by atoms with Crippen molar-refractivity contribution in [3.05, 3.63) is 83.4 Å². The molecule has 3 aromatic carbocycles. The van der Waals surface area contributed by atoms with Crippen LogP contribution in [0.1, 0.15) is 41.3 Å². The van der Waals surface area contributed by atoms with Gasteiger partial charge in [0.2, 0.25) is 10.0 Å². The number of methoxy groups -OCH3 is 1. The van der Waals surface area contributed by atoms with E-state index in [0.717, 1.165) is 28.7 Å². The summed E-state index contributed by atoms with van der Waals surface area (Å²) in [6.07, 6.45) is 1.72. The molecule has 0 aliphatic carbocycles. The normalized spacial score (nSPS) is 15.6. The van der Waals surface area contributed by atoms with E-state index in [2.05, 4.69) is 0 Å². The number of sulfonamides is 1. The maximum absolute atomic E-state index is 13.9. The summed E-state index contributed by atoms with van der Waals surface area (Å²) in [7, 11) is -2.14. The first-order valence-corrected chi connectivity index (χ1v) is 15.6. The van der Waals surface area contributed by atoms with Crippen LogP contribution in [0.4, 0.5) is 5.13 Å². The number of aryl methyl sites for hydroxylation is 1. The number of carbonyl (C=O) groups is 1. The van der Waals surface area contributed by atoms with Gasteiger partial charge in [-0.15, -0.1) is 0 Å². The van der Waals surface area contributed by atoms with Gasteiger partial charge in [-0.2, -0.15) is 4.31 Å². The summed E-state index contributed by atoms with van der Waals surface area (Å²) >= 11 is 1.44. The number of benzene rings is 3. The van der Waals surface area contributed by atoms with Crippen molar-refractivity contribution in [3.63, 3.8) is 0 Å². The molecule has 1 atom stereocenters. The Morgan fingerprint density at radius 1 is 1.10 bits per heavy atom. The largest absolute Gasteiger partial charge is 0.494 e. The molecule has 0 bridgehead atoms. The number of rotatable bonds is 10. The lowest BCUT2D eigenvalue weighted by molar-refractivity contribution is 0.0917. The zero-order chi connectivity index (χ0) is 28.3. The second-order valence-corrected chi connectivity index (χ2v) is 12.7. The standard InChI is InChI=1S/C30H33N3O5S2/c1-4-32(19-22-9-6-5-7-10-22)40(35,36)25-15-13-23(14-16-25)29(34)33(20-24-11-8-18-38-24)30-31-27-26(37-3)17-12-21(2)28(27)39-30/h5-7,9-10,12-17,24H,4,8,11,18-20H2,1-3H3. The highest BCUT2D eigenvalue weighted by atomic mass is 32.2. The first-order chi connectivity index (χ1) is 19.3. The van der Waals surface area contributed by atoms with Gasteiger partial charge in [-0.1, -0.05) is 54.7 Å². The molecule has 1 unspecified atom stereocenters. The Bertz CT molecular complexity index is 1580. The van der Waals surface area contributed by atoms with Gasteiger partial charge in [0.15, 0.2) is 5.13 Å². The fraction of sp³-hybridized carbons (Fsp3) is 0.333. The molecule has 0 N–H and O–H groups in total. The molecule has 4 aromatic rings. The van der Waals surface area contributed by atoms with Crippen molar-refractivity contribution in [1.82, 2.24) is 9.29 Å². The molecule has 40 heavy (non-hydrogen) atoms. The van der Waals surface area contributed by atoms with Gasteiger partial charge in [0.1, 0.15) is 11.3 Å². The minimum atomic E-state index is -3.75. The van der Waals surface area contributed by atoms with Crippen LogP contribution in [0.15, 0.2) is 71.6 Å². The fourth-order valence-corrected chi connectivity index (χ4v) is 7.34. The van der Waals surface area contributed by atoms with E-state index in [1.807, 2.05) is 56.3 Å². The van der Waals surface area contributed by atoms with Gasteiger partial charge in [0, 0.05) is 25.3 Å². The average molecular weight is 580 g/mol. The van der Waals surface area contributed by atoms with Gasteiger partial charge in [0.25, 0.3) is 5.91 Å². The Kier molecular flexibility index (Phi) is 8.51. The van der Waals surface area contributed by atoms with E-state index in [9.17, 15) is 13.2 Å². The molecule has 1 aliphatic heterocycles. The molecule has 2 heterocycles. The van der Waals surface area contributed by atoms with Gasteiger partial charge in [-0.3, -0.25) is 9.69 Å². The second-order valence-electron chi connectivity index (χ2n) is 9.75. The summed E-state index contributed by atoms with van der Waals surface area (Å²) in [6, 6.07) is 19.5. The topological polar surface area (TPSA) is 89.0 Å². The SMILES string of the molecule is CCN(Cc1ccccc1)S(=O)(=O)c1ccc(C(=O)N(CC2CCCO2)c2nc3c(OC)ccc(C)c3s2)cc1. The van der Waals surface area contributed by atoms with E-state index >= 15 is 0 Å². The van der Waals surface area contributed by atoms with Gasteiger partial charge >= 0.3 is 0 Å². The molecular weight excluding hydrogens is 546 g/mol. The summed E-state index contributed by atoms with van der Waals surface area (Å²) in [4.78, 5) is 20.5. The predicted molar refractivity (Wildman–Crippen MR) is 158 cm³/mol. The molecule has 1 saturated heterocycles. The van der Waals surface area contributed by atoms with Crippen molar-refractivity contribution in [2.75, 3.05) is 31.7 Å². The number of hydrogen-bond acceptors (Lipinski definition) is 7. The number of anilines is 1. The van der Waals surface area contributed by atoms with E-state index in [1.54, 1.807) is 24.1 Å². The monoisotopic (exact) mass is 579 g/mol. The summed E-state index contributed by atoms with van der Waals surface area (Å²) in [5.41, 5.74) is 3.06. The van der Waals surface area contributed by atoms with Crippen LogP contribution in [-0.2, 0) is 21.3 Å². The maximum atomic E-state index is 13.9. The molecule has 1 fully saturated rings. The van der Waals surface area contributed by atoms with Gasteiger partial charge in [-0.05, 0) is 61.2 Å². The Balaban J connectivity index is 1.44. The lowest BCUT2D eigenvalue weighted by Crippen LogP contribution is -2.37. The number of aromatic nitrogens is 1.